The van der Waals surface area contributed by atoms with Crippen molar-refractivity contribution in [3.05, 3.63) is 29.4 Å². The maximum absolute atomic E-state index is 5.11. The minimum atomic E-state index is 0.733. The number of rotatable bonds is 3. The highest BCUT2D eigenvalue weighted by Crippen LogP contribution is 2.15. The molecule has 0 aliphatic carbocycles. The van der Waals surface area contributed by atoms with Gasteiger partial charge in [-0.2, -0.15) is 0 Å². The zero-order valence-corrected chi connectivity index (χ0v) is 9.11. The van der Waals surface area contributed by atoms with Gasteiger partial charge in [-0.25, -0.2) is 4.98 Å². The van der Waals surface area contributed by atoms with E-state index < -0.39 is 0 Å². The Bertz CT molecular complexity index is 438. The van der Waals surface area contributed by atoms with Gasteiger partial charge in [0.25, 0.3) is 0 Å². The minimum Gasteiger partial charge on any atom is -0.361 e. The smallest absolute Gasteiger partial charge is 0.202 e. The molecule has 0 bridgehead atoms. The van der Waals surface area contributed by atoms with Crippen LogP contribution in [0.4, 0.5) is 5.95 Å². The quantitative estimate of drug-likeness (QED) is 0.828. The van der Waals surface area contributed by atoms with E-state index in [1.165, 1.54) is 0 Å². The molecule has 2 aromatic heterocycles. The first-order valence-electron chi connectivity index (χ1n) is 4.83. The monoisotopic (exact) mass is 206 g/mol. The van der Waals surface area contributed by atoms with Crippen LogP contribution in [0.5, 0.6) is 0 Å². The van der Waals surface area contributed by atoms with Gasteiger partial charge < -0.3 is 14.4 Å². The van der Waals surface area contributed by atoms with Crippen LogP contribution < -0.4 is 5.32 Å². The van der Waals surface area contributed by atoms with Gasteiger partial charge in [-0.05, 0) is 13.8 Å². The topological polar surface area (TPSA) is 55.9 Å². The third-order valence-corrected chi connectivity index (χ3v) is 2.45. The third kappa shape index (κ3) is 1.72. The molecular formula is C10H14N4O. The Hall–Kier alpha value is -1.78. The molecule has 5 heteroatoms. The Morgan fingerprint density at radius 1 is 1.47 bits per heavy atom. The SMILES string of the molecule is CNc1nccn1Cc1c(C)noc1C. The van der Waals surface area contributed by atoms with Crippen molar-refractivity contribution in [2.45, 2.75) is 20.4 Å². The molecule has 0 aliphatic heterocycles. The highest BCUT2D eigenvalue weighted by molar-refractivity contribution is 5.28. The number of anilines is 1. The maximum Gasteiger partial charge on any atom is 0.202 e. The van der Waals surface area contributed by atoms with E-state index in [1.807, 2.05) is 31.7 Å². The predicted octanol–water partition coefficient (Wildman–Crippen LogP) is 1.58. The lowest BCUT2D eigenvalue weighted by Crippen LogP contribution is -2.05. The van der Waals surface area contributed by atoms with E-state index in [1.54, 1.807) is 6.20 Å². The highest BCUT2D eigenvalue weighted by Gasteiger charge is 2.10. The number of imidazole rings is 1. The second-order valence-electron chi connectivity index (χ2n) is 3.43. The molecule has 0 saturated heterocycles. The van der Waals surface area contributed by atoms with Crippen LogP contribution in [0.3, 0.4) is 0 Å². The summed E-state index contributed by atoms with van der Waals surface area (Å²) in [5.74, 6) is 1.71. The van der Waals surface area contributed by atoms with Gasteiger partial charge >= 0.3 is 0 Å². The third-order valence-electron chi connectivity index (χ3n) is 2.45. The number of aromatic nitrogens is 3. The molecule has 0 saturated carbocycles. The fraction of sp³-hybridized carbons (Fsp3) is 0.400. The summed E-state index contributed by atoms with van der Waals surface area (Å²) in [6, 6.07) is 0. The van der Waals surface area contributed by atoms with Crippen molar-refractivity contribution in [3.8, 4) is 0 Å². The van der Waals surface area contributed by atoms with Gasteiger partial charge in [-0.15, -0.1) is 0 Å². The summed E-state index contributed by atoms with van der Waals surface area (Å²) >= 11 is 0. The molecule has 1 N–H and O–H groups in total. The largest absolute Gasteiger partial charge is 0.361 e. The van der Waals surface area contributed by atoms with E-state index in [0.717, 1.165) is 29.5 Å². The summed E-state index contributed by atoms with van der Waals surface area (Å²) in [6.07, 6.45) is 3.70. The van der Waals surface area contributed by atoms with Crippen molar-refractivity contribution in [1.82, 2.24) is 14.7 Å². The molecule has 0 atom stereocenters. The second-order valence-corrected chi connectivity index (χ2v) is 3.43. The lowest BCUT2D eigenvalue weighted by Gasteiger charge is -2.06. The van der Waals surface area contributed by atoms with Crippen LogP contribution in [0.15, 0.2) is 16.9 Å². The van der Waals surface area contributed by atoms with Crippen LogP contribution in [0.1, 0.15) is 17.0 Å². The standard InChI is InChI=1S/C10H14N4O/c1-7-9(8(2)15-13-7)6-14-5-4-12-10(14)11-3/h4-5H,6H2,1-3H3,(H,11,12). The first kappa shape index (κ1) is 9.76. The second kappa shape index (κ2) is 3.76. The Kier molecular flexibility index (Phi) is 2.45. The van der Waals surface area contributed by atoms with E-state index in [9.17, 15) is 0 Å². The van der Waals surface area contributed by atoms with Gasteiger partial charge in [0.05, 0.1) is 12.2 Å². The molecule has 2 rings (SSSR count). The van der Waals surface area contributed by atoms with Crippen molar-refractivity contribution in [2.24, 2.45) is 0 Å². The van der Waals surface area contributed by atoms with Gasteiger partial charge in [0, 0.05) is 25.0 Å². The average Bonchev–Trinajstić information content (AvgIpc) is 2.79. The van der Waals surface area contributed by atoms with E-state index in [-0.39, 0.29) is 0 Å². The number of hydrogen-bond donors (Lipinski definition) is 1. The summed E-state index contributed by atoms with van der Waals surface area (Å²) in [5.41, 5.74) is 2.05. The van der Waals surface area contributed by atoms with Gasteiger partial charge in [0.2, 0.25) is 5.95 Å². The zero-order valence-electron chi connectivity index (χ0n) is 9.11. The molecule has 80 valence electrons. The van der Waals surface area contributed by atoms with Crippen molar-refractivity contribution in [2.75, 3.05) is 12.4 Å². The summed E-state index contributed by atoms with van der Waals surface area (Å²) in [6.45, 7) is 4.60. The fourth-order valence-corrected chi connectivity index (χ4v) is 1.56. The summed E-state index contributed by atoms with van der Waals surface area (Å²) < 4.78 is 7.13. The molecule has 2 heterocycles. The number of aryl methyl sites for hydroxylation is 2. The van der Waals surface area contributed by atoms with Gasteiger partial charge in [0.15, 0.2) is 0 Å². The van der Waals surface area contributed by atoms with Crippen LogP contribution in [-0.2, 0) is 6.54 Å². The highest BCUT2D eigenvalue weighted by atomic mass is 16.5. The van der Waals surface area contributed by atoms with Gasteiger partial charge in [-0.3, -0.25) is 0 Å². The first-order chi connectivity index (χ1) is 7.22. The minimum absolute atomic E-state index is 0.733. The van der Waals surface area contributed by atoms with Crippen molar-refractivity contribution >= 4 is 5.95 Å². The van der Waals surface area contributed by atoms with Crippen molar-refractivity contribution in [3.63, 3.8) is 0 Å². The molecule has 15 heavy (non-hydrogen) atoms. The maximum atomic E-state index is 5.11. The van der Waals surface area contributed by atoms with Crippen molar-refractivity contribution in [1.29, 1.82) is 0 Å². The average molecular weight is 206 g/mol. The Balaban J connectivity index is 2.29. The van der Waals surface area contributed by atoms with E-state index >= 15 is 0 Å². The van der Waals surface area contributed by atoms with Crippen LogP contribution in [0.2, 0.25) is 0 Å². The Labute approximate surface area is 88.1 Å². The van der Waals surface area contributed by atoms with E-state index in [4.69, 9.17) is 4.52 Å². The number of nitrogens with one attached hydrogen (secondary N) is 1. The fourth-order valence-electron chi connectivity index (χ4n) is 1.56. The number of nitrogens with zero attached hydrogens (tertiary/aromatic N) is 3. The molecule has 5 nitrogen and oxygen atoms in total. The Morgan fingerprint density at radius 2 is 2.27 bits per heavy atom. The zero-order chi connectivity index (χ0) is 10.8. The summed E-state index contributed by atoms with van der Waals surface area (Å²) in [7, 11) is 1.85. The molecule has 0 amide bonds. The molecule has 2 aromatic rings. The van der Waals surface area contributed by atoms with Gasteiger partial charge in [-0.1, -0.05) is 5.16 Å². The molecule has 0 aliphatic rings. The lowest BCUT2D eigenvalue weighted by atomic mass is 10.2. The predicted molar refractivity (Wildman–Crippen MR) is 56.9 cm³/mol. The summed E-state index contributed by atoms with van der Waals surface area (Å²) in [4.78, 5) is 4.18. The first-order valence-corrected chi connectivity index (χ1v) is 4.83. The van der Waals surface area contributed by atoms with Crippen LogP contribution >= 0.6 is 0 Å². The normalized spacial score (nSPS) is 10.6. The summed E-state index contributed by atoms with van der Waals surface area (Å²) in [5, 5.41) is 6.95. The van der Waals surface area contributed by atoms with E-state index in [0.29, 0.717) is 0 Å². The molecule has 0 spiro atoms. The Morgan fingerprint density at radius 3 is 2.87 bits per heavy atom. The molecule has 0 unspecified atom stereocenters. The number of hydrogen-bond acceptors (Lipinski definition) is 4. The molecule has 0 radical (unpaired) electrons. The lowest BCUT2D eigenvalue weighted by molar-refractivity contribution is 0.392. The molecule has 0 aromatic carbocycles. The molecular weight excluding hydrogens is 192 g/mol. The van der Waals surface area contributed by atoms with E-state index in [2.05, 4.69) is 15.5 Å². The molecule has 0 fully saturated rings. The van der Waals surface area contributed by atoms with Gasteiger partial charge in [0.1, 0.15) is 5.76 Å². The van der Waals surface area contributed by atoms with Crippen LogP contribution in [-0.4, -0.2) is 21.8 Å². The van der Waals surface area contributed by atoms with Crippen LogP contribution in [0, 0.1) is 13.8 Å². The van der Waals surface area contributed by atoms with Crippen molar-refractivity contribution < 1.29 is 4.52 Å². The van der Waals surface area contributed by atoms with Crippen LogP contribution in [0.25, 0.3) is 0 Å².